The standard InChI is InChI=1S/C20H19ClF2N6O/c1-2-16(30)7-13-4-3-5-14(6-13)8-24-19-17(21)10-25-20(28-19)27-15-9-26-29(11-15)12-18(22)23/h2-6,9-11,18H,1,7-8,12H2,(H2,24,25,27,28). The molecule has 0 spiro atoms. The van der Waals surface area contributed by atoms with E-state index < -0.39 is 13.0 Å². The summed E-state index contributed by atoms with van der Waals surface area (Å²) in [7, 11) is 0. The van der Waals surface area contributed by atoms with E-state index in [9.17, 15) is 13.6 Å². The zero-order valence-corrected chi connectivity index (χ0v) is 16.6. The Kier molecular flexibility index (Phi) is 7.08. The van der Waals surface area contributed by atoms with Crippen LogP contribution in [0.2, 0.25) is 5.02 Å². The number of ketones is 1. The van der Waals surface area contributed by atoms with Crippen molar-refractivity contribution in [1.82, 2.24) is 19.7 Å². The third kappa shape index (κ3) is 6.08. The third-order valence-electron chi connectivity index (χ3n) is 4.02. The number of benzene rings is 1. The van der Waals surface area contributed by atoms with Gasteiger partial charge < -0.3 is 10.6 Å². The predicted octanol–water partition coefficient (Wildman–Crippen LogP) is 4.24. The summed E-state index contributed by atoms with van der Waals surface area (Å²) in [6.45, 7) is 3.42. The molecule has 7 nitrogen and oxygen atoms in total. The Balaban J connectivity index is 1.66. The molecule has 3 rings (SSSR count). The molecule has 0 aliphatic rings. The lowest BCUT2D eigenvalue weighted by atomic mass is 10.1. The number of allylic oxidation sites excluding steroid dienone is 1. The molecule has 2 N–H and O–H groups in total. The Hall–Kier alpha value is -3.33. The summed E-state index contributed by atoms with van der Waals surface area (Å²) in [6, 6.07) is 7.58. The second kappa shape index (κ2) is 9.93. The van der Waals surface area contributed by atoms with Crippen molar-refractivity contribution in [2.45, 2.75) is 25.9 Å². The summed E-state index contributed by atoms with van der Waals surface area (Å²) < 4.78 is 26.0. The van der Waals surface area contributed by atoms with Crippen molar-refractivity contribution in [3.05, 3.63) is 71.7 Å². The third-order valence-corrected chi connectivity index (χ3v) is 4.29. The SMILES string of the molecule is C=CC(=O)Cc1cccc(CNc2nc(Nc3cnn(CC(F)F)c3)ncc2Cl)c1. The van der Waals surface area contributed by atoms with E-state index in [-0.39, 0.29) is 11.7 Å². The van der Waals surface area contributed by atoms with Gasteiger partial charge in [-0.2, -0.15) is 10.1 Å². The molecule has 1 aromatic carbocycles. The number of hydrogen-bond acceptors (Lipinski definition) is 6. The van der Waals surface area contributed by atoms with Crippen LogP contribution in [0, 0.1) is 0 Å². The second-order valence-electron chi connectivity index (χ2n) is 6.38. The lowest BCUT2D eigenvalue weighted by molar-refractivity contribution is -0.114. The normalized spacial score (nSPS) is 10.8. The smallest absolute Gasteiger partial charge is 0.257 e. The van der Waals surface area contributed by atoms with Crippen LogP contribution in [0.5, 0.6) is 0 Å². The molecule has 2 aromatic heterocycles. The first kappa shape index (κ1) is 21.4. The van der Waals surface area contributed by atoms with Crippen LogP contribution in [-0.2, 0) is 24.3 Å². The van der Waals surface area contributed by atoms with E-state index in [1.165, 1.54) is 24.7 Å². The molecular formula is C20H19ClF2N6O. The highest BCUT2D eigenvalue weighted by Crippen LogP contribution is 2.22. The van der Waals surface area contributed by atoms with Gasteiger partial charge in [-0.1, -0.05) is 42.4 Å². The molecule has 0 amide bonds. The molecule has 0 fully saturated rings. The number of halogens is 3. The number of alkyl halides is 2. The van der Waals surface area contributed by atoms with Gasteiger partial charge in [-0.25, -0.2) is 13.8 Å². The minimum atomic E-state index is -2.49. The number of nitrogens with one attached hydrogen (secondary N) is 2. The molecule has 0 aliphatic heterocycles. The van der Waals surface area contributed by atoms with Gasteiger partial charge in [0.05, 0.1) is 18.1 Å². The van der Waals surface area contributed by atoms with Crippen molar-refractivity contribution in [3.63, 3.8) is 0 Å². The largest absolute Gasteiger partial charge is 0.365 e. The molecule has 2 heterocycles. The van der Waals surface area contributed by atoms with Gasteiger partial charge in [0.1, 0.15) is 11.6 Å². The van der Waals surface area contributed by atoms with E-state index in [0.717, 1.165) is 15.8 Å². The molecule has 3 aromatic rings. The predicted molar refractivity (Wildman–Crippen MR) is 111 cm³/mol. The maximum absolute atomic E-state index is 12.4. The van der Waals surface area contributed by atoms with E-state index in [4.69, 9.17) is 11.6 Å². The van der Waals surface area contributed by atoms with Gasteiger partial charge in [0.25, 0.3) is 6.43 Å². The zero-order chi connectivity index (χ0) is 21.5. The highest BCUT2D eigenvalue weighted by molar-refractivity contribution is 6.32. The Bertz CT molecular complexity index is 1040. The van der Waals surface area contributed by atoms with Crippen LogP contribution in [0.15, 0.2) is 55.5 Å². The summed E-state index contributed by atoms with van der Waals surface area (Å²) in [5.41, 5.74) is 2.31. The number of anilines is 3. The van der Waals surface area contributed by atoms with E-state index >= 15 is 0 Å². The van der Waals surface area contributed by atoms with Crippen molar-refractivity contribution in [1.29, 1.82) is 0 Å². The van der Waals surface area contributed by atoms with Crippen LogP contribution >= 0.6 is 11.6 Å². The summed E-state index contributed by atoms with van der Waals surface area (Å²) in [4.78, 5) is 19.9. The average Bonchev–Trinajstić information content (AvgIpc) is 3.14. The van der Waals surface area contributed by atoms with E-state index in [2.05, 4.69) is 32.3 Å². The van der Waals surface area contributed by atoms with Gasteiger partial charge in [0, 0.05) is 19.2 Å². The van der Waals surface area contributed by atoms with Gasteiger partial charge in [-0.15, -0.1) is 0 Å². The lowest BCUT2D eigenvalue weighted by Gasteiger charge is -2.10. The van der Waals surface area contributed by atoms with Crippen LogP contribution in [0.25, 0.3) is 0 Å². The minimum Gasteiger partial charge on any atom is -0.365 e. The summed E-state index contributed by atoms with van der Waals surface area (Å²) >= 11 is 6.17. The van der Waals surface area contributed by atoms with Gasteiger partial charge in [0.2, 0.25) is 5.95 Å². The topological polar surface area (TPSA) is 84.7 Å². The number of hydrogen-bond donors (Lipinski definition) is 2. The van der Waals surface area contributed by atoms with Crippen molar-refractivity contribution < 1.29 is 13.6 Å². The monoisotopic (exact) mass is 432 g/mol. The van der Waals surface area contributed by atoms with Gasteiger partial charge in [-0.3, -0.25) is 9.48 Å². The molecule has 156 valence electrons. The van der Waals surface area contributed by atoms with Crippen molar-refractivity contribution in [2.24, 2.45) is 0 Å². The molecule has 0 bridgehead atoms. The number of carbonyl (C=O) groups excluding carboxylic acids is 1. The first-order valence-electron chi connectivity index (χ1n) is 9.00. The molecule has 10 heteroatoms. The van der Waals surface area contributed by atoms with Crippen molar-refractivity contribution >= 4 is 34.8 Å². The molecule has 0 aliphatic carbocycles. The van der Waals surface area contributed by atoms with Crippen LogP contribution in [0.3, 0.4) is 0 Å². The molecule has 0 atom stereocenters. The number of aromatic nitrogens is 4. The van der Waals surface area contributed by atoms with Crippen LogP contribution in [0.4, 0.5) is 26.2 Å². The van der Waals surface area contributed by atoms with Crippen LogP contribution in [-0.4, -0.2) is 32.0 Å². The van der Waals surface area contributed by atoms with Crippen LogP contribution < -0.4 is 10.6 Å². The maximum Gasteiger partial charge on any atom is 0.257 e. The highest BCUT2D eigenvalue weighted by Gasteiger charge is 2.09. The number of carbonyl (C=O) groups is 1. The fourth-order valence-corrected chi connectivity index (χ4v) is 2.82. The Morgan fingerprint density at radius 2 is 2.10 bits per heavy atom. The first-order chi connectivity index (χ1) is 14.4. The second-order valence-corrected chi connectivity index (χ2v) is 6.79. The molecule has 0 saturated carbocycles. The molecular weight excluding hydrogens is 414 g/mol. The van der Waals surface area contributed by atoms with Crippen molar-refractivity contribution in [2.75, 3.05) is 10.6 Å². The van der Waals surface area contributed by atoms with E-state index in [1.54, 1.807) is 0 Å². The highest BCUT2D eigenvalue weighted by atomic mass is 35.5. The van der Waals surface area contributed by atoms with E-state index in [1.807, 2.05) is 24.3 Å². The summed E-state index contributed by atoms with van der Waals surface area (Å²) in [6.07, 6.45) is 3.38. The minimum absolute atomic E-state index is 0.0495. The number of nitrogens with zero attached hydrogens (tertiary/aromatic N) is 4. The lowest BCUT2D eigenvalue weighted by Crippen LogP contribution is -2.07. The quantitative estimate of drug-likeness (QED) is 0.466. The van der Waals surface area contributed by atoms with Gasteiger partial charge in [-0.05, 0) is 17.2 Å². The van der Waals surface area contributed by atoms with Crippen LogP contribution in [0.1, 0.15) is 11.1 Å². The van der Waals surface area contributed by atoms with Gasteiger partial charge >= 0.3 is 0 Å². The zero-order valence-electron chi connectivity index (χ0n) is 15.9. The Labute approximate surface area is 176 Å². The fraction of sp³-hybridized carbons (Fsp3) is 0.200. The van der Waals surface area contributed by atoms with Gasteiger partial charge in [0.15, 0.2) is 11.6 Å². The van der Waals surface area contributed by atoms with E-state index in [0.29, 0.717) is 29.5 Å². The molecule has 0 unspecified atom stereocenters. The summed E-state index contributed by atoms with van der Waals surface area (Å²) in [5, 5.41) is 10.2. The first-order valence-corrected chi connectivity index (χ1v) is 9.38. The molecule has 0 saturated heterocycles. The summed E-state index contributed by atoms with van der Waals surface area (Å²) in [5.74, 6) is 0.595. The molecule has 0 radical (unpaired) electrons. The Morgan fingerprint density at radius 3 is 2.87 bits per heavy atom. The molecule has 30 heavy (non-hydrogen) atoms. The average molecular weight is 433 g/mol. The maximum atomic E-state index is 12.4. The van der Waals surface area contributed by atoms with Crippen molar-refractivity contribution in [3.8, 4) is 0 Å². The Morgan fingerprint density at radius 1 is 1.30 bits per heavy atom. The number of rotatable bonds is 10. The fourth-order valence-electron chi connectivity index (χ4n) is 2.66.